The van der Waals surface area contributed by atoms with Gasteiger partial charge < -0.3 is 14.2 Å². The Balaban J connectivity index is 4.33. The van der Waals surface area contributed by atoms with Crippen molar-refractivity contribution in [2.45, 2.75) is 322 Å². The molecular formula is C75H126O6. The van der Waals surface area contributed by atoms with Gasteiger partial charge in [-0.2, -0.15) is 0 Å². The van der Waals surface area contributed by atoms with Crippen molar-refractivity contribution in [3.05, 3.63) is 122 Å². The summed E-state index contributed by atoms with van der Waals surface area (Å²) in [7, 11) is 0. The van der Waals surface area contributed by atoms with Crippen LogP contribution in [0.25, 0.3) is 0 Å². The third-order valence-electron chi connectivity index (χ3n) is 14.5. The second-order valence-electron chi connectivity index (χ2n) is 22.4. The summed E-state index contributed by atoms with van der Waals surface area (Å²) in [5.74, 6) is -0.907. The Bertz CT molecular complexity index is 1670. The molecule has 0 radical (unpaired) electrons. The first-order chi connectivity index (χ1) is 40.0. The number of hydrogen-bond donors (Lipinski definition) is 0. The van der Waals surface area contributed by atoms with Crippen molar-refractivity contribution in [3.63, 3.8) is 0 Å². The normalized spacial score (nSPS) is 12.9. The van der Waals surface area contributed by atoms with Crippen molar-refractivity contribution in [2.75, 3.05) is 13.2 Å². The fraction of sp³-hybridized carbons (Fsp3) is 0.693. The minimum absolute atomic E-state index is 0.0864. The first kappa shape index (κ1) is 76.8. The molecule has 6 nitrogen and oxygen atoms in total. The lowest BCUT2D eigenvalue weighted by Gasteiger charge is -2.18. The molecule has 0 aromatic carbocycles. The molecule has 0 amide bonds. The van der Waals surface area contributed by atoms with Crippen LogP contribution in [0.15, 0.2) is 122 Å². The summed E-state index contributed by atoms with van der Waals surface area (Å²) in [6, 6.07) is 0. The van der Waals surface area contributed by atoms with Crippen LogP contribution in [-0.2, 0) is 28.6 Å². The fourth-order valence-electron chi connectivity index (χ4n) is 9.37. The third-order valence-corrected chi connectivity index (χ3v) is 14.5. The lowest BCUT2D eigenvalue weighted by Crippen LogP contribution is -2.30. The van der Waals surface area contributed by atoms with E-state index in [1.54, 1.807) is 0 Å². The average molecular weight is 1120 g/mol. The van der Waals surface area contributed by atoms with Crippen molar-refractivity contribution < 1.29 is 28.6 Å². The number of ether oxygens (including phenoxy) is 3. The number of hydrogen-bond acceptors (Lipinski definition) is 6. The lowest BCUT2D eigenvalue weighted by molar-refractivity contribution is -0.167. The minimum Gasteiger partial charge on any atom is -0.462 e. The molecule has 0 bridgehead atoms. The average Bonchev–Trinajstić information content (AvgIpc) is 3.47. The Hall–Kier alpha value is -4.19. The molecular weight excluding hydrogens is 997 g/mol. The Morgan fingerprint density at radius 3 is 0.753 bits per heavy atom. The highest BCUT2D eigenvalue weighted by atomic mass is 16.6. The van der Waals surface area contributed by atoms with E-state index < -0.39 is 6.10 Å². The van der Waals surface area contributed by atoms with Crippen molar-refractivity contribution in [1.82, 2.24) is 0 Å². The maximum Gasteiger partial charge on any atom is 0.306 e. The van der Waals surface area contributed by atoms with Crippen LogP contribution in [0.4, 0.5) is 0 Å². The van der Waals surface area contributed by atoms with Crippen LogP contribution in [0.3, 0.4) is 0 Å². The zero-order valence-corrected chi connectivity index (χ0v) is 53.0. The smallest absolute Gasteiger partial charge is 0.306 e. The van der Waals surface area contributed by atoms with Crippen molar-refractivity contribution in [2.24, 2.45) is 0 Å². The van der Waals surface area contributed by atoms with Crippen molar-refractivity contribution in [1.29, 1.82) is 0 Å². The van der Waals surface area contributed by atoms with Gasteiger partial charge in [-0.25, -0.2) is 0 Å². The second kappa shape index (κ2) is 68.3. The zero-order valence-electron chi connectivity index (χ0n) is 53.0. The fourth-order valence-corrected chi connectivity index (χ4v) is 9.37. The van der Waals surface area contributed by atoms with E-state index in [2.05, 4.69) is 142 Å². The van der Waals surface area contributed by atoms with Crippen LogP contribution in [0, 0.1) is 0 Å². The molecule has 1 atom stereocenters. The molecule has 0 aliphatic heterocycles. The van der Waals surface area contributed by atoms with E-state index in [-0.39, 0.29) is 31.1 Å². The molecule has 0 heterocycles. The number of carbonyl (C=O) groups is 3. The van der Waals surface area contributed by atoms with Gasteiger partial charge in [0.2, 0.25) is 0 Å². The minimum atomic E-state index is -0.792. The molecule has 1 unspecified atom stereocenters. The second-order valence-corrected chi connectivity index (χ2v) is 22.4. The molecule has 6 heteroatoms. The quantitative estimate of drug-likeness (QED) is 0.0261. The number of esters is 3. The largest absolute Gasteiger partial charge is 0.462 e. The van der Waals surface area contributed by atoms with E-state index in [9.17, 15) is 14.4 Å². The topological polar surface area (TPSA) is 78.9 Å². The van der Waals surface area contributed by atoms with E-state index >= 15 is 0 Å². The molecule has 0 N–H and O–H groups in total. The molecule has 0 aromatic heterocycles. The predicted molar refractivity (Wildman–Crippen MR) is 353 cm³/mol. The highest BCUT2D eigenvalue weighted by Crippen LogP contribution is 2.16. The lowest BCUT2D eigenvalue weighted by atomic mass is 10.0. The van der Waals surface area contributed by atoms with Gasteiger partial charge >= 0.3 is 17.9 Å². The van der Waals surface area contributed by atoms with Crippen molar-refractivity contribution >= 4 is 17.9 Å². The van der Waals surface area contributed by atoms with Crippen LogP contribution in [0.5, 0.6) is 0 Å². The Morgan fingerprint density at radius 1 is 0.259 bits per heavy atom. The maximum absolute atomic E-state index is 12.9. The van der Waals surface area contributed by atoms with Crippen LogP contribution < -0.4 is 0 Å². The molecule has 81 heavy (non-hydrogen) atoms. The SMILES string of the molecule is CC/C=C\C/C=C\C/C=C\C/C=C\C/C=C\C/C=C\C/C=C\C/C=C\CCCCCCC(=O)OCC(COC(=O)CCCCCCCCCCCCC)OC(=O)CCCCCCCCCCCCC/C=C\C/C=C\CCCCCCC. The van der Waals surface area contributed by atoms with Crippen LogP contribution in [0.1, 0.15) is 316 Å². The van der Waals surface area contributed by atoms with Crippen molar-refractivity contribution in [3.8, 4) is 0 Å². The van der Waals surface area contributed by atoms with E-state index in [0.717, 1.165) is 128 Å². The predicted octanol–water partition coefficient (Wildman–Crippen LogP) is 23.6. The molecule has 0 saturated carbocycles. The molecule has 0 aliphatic carbocycles. The van der Waals surface area contributed by atoms with Gasteiger partial charge in [0.25, 0.3) is 0 Å². The number of unbranched alkanes of at least 4 members (excludes halogenated alkanes) is 30. The number of carbonyl (C=O) groups excluding carboxylic acids is 3. The van der Waals surface area contributed by atoms with Gasteiger partial charge in [-0.05, 0) is 116 Å². The highest BCUT2D eigenvalue weighted by Gasteiger charge is 2.19. The van der Waals surface area contributed by atoms with Gasteiger partial charge in [0.1, 0.15) is 13.2 Å². The summed E-state index contributed by atoms with van der Waals surface area (Å²) in [6.45, 7) is 6.51. The third kappa shape index (κ3) is 66.5. The molecule has 0 aromatic rings. The molecule has 0 spiro atoms. The van der Waals surface area contributed by atoms with Crippen LogP contribution in [-0.4, -0.2) is 37.2 Å². The van der Waals surface area contributed by atoms with Gasteiger partial charge in [0.15, 0.2) is 6.10 Å². The van der Waals surface area contributed by atoms with Gasteiger partial charge in [-0.3, -0.25) is 14.4 Å². The van der Waals surface area contributed by atoms with E-state index in [1.807, 2.05) is 0 Å². The summed E-state index contributed by atoms with van der Waals surface area (Å²) < 4.78 is 16.9. The first-order valence-electron chi connectivity index (χ1n) is 34.0. The summed E-state index contributed by atoms with van der Waals surface area (Å²) in [4.78, 5) is 38.3. The number of allylic oxidation sites excluding steroid dienone is 20. The van der Waals surface area contributed by atoms with E-state index in [4.69, 9.17) is 14.2 Å². The van der Waals surface area contributed by atoms with E-state index in [0.29, 0.717) is 19.3 Å². The molecule has 0 rings (SSSR count). The molecule has 0 aliphatic rings. The standard InChI is InChI=1S/C75H126O6/c1-4-7-10-13-16-19-22-24-26-28-30-32-34-35-36-37-38-39-41-42-44-46-48-50-53-56-59-62-65-68-74(77)80-71-72(70-79-73(76)67-64-61-58-55-52-21-18-15-12-9-6-3)81-75(78)69-66-63-60-57-54-51-49-47-45-43-40-33-31-29-27-25-23-20-17-14-11-8-5-2/h7,10,16,19,23-26,29-32,35-36,38-39,42,44,48,50,72H,4-6,8-9,11-15,17-18,20-22,27-28,33-34,37,40-41,43,45-47,49,51-71H2,1-3H3/b10-7-,19-16-,25-23-,26-24-,31-29-,32-30-,36-35-,39-38-,44-42-,50-48-. The molecule has 0 saturated heterocycles. The first-order valence-corrected chi connectivity index (χ1v) is 34.0. The highest BCUT2D eigenvalue weighted by molar-refractivity contribution is 5.71. The van der Waals surface area contributed by atoms with E-state index in [1.165, 1.54) is 148 Å². The summed E-state index contributed by atoms with van der Waals surface area (Å²) in [6.07, 6.45) is 95.0. The van der Waals surface area contributed by atoms with Crippen LogP contribution >= 0.6 is 0 Å². The van der Waals surface area contributed by atoms with Gasteiger partial charge in [0.05, 0.1) is 0 Å². The summed E-state index contributed by atoms with van der Waals surface area (Å²) in [5.41, 5.74) is 0. The summed E-state index contributed by atoms with van der Waals surface area (Å²) >= 11 is 0. The van der Waals surface area contributed by atoms with Gasteiger partial charge in [-0.15, -0.1) is 0 Å². The van der Waals surface area contributed by atoms with Gasteiger partial charge in [-0.1, -0.05) is 303 Å². The molecule has 462 valence electrons. The monoisotopic (exact) mass is 1120 g/mol. The zero-order chi connectivity index (χ0) is 58.5. The Morgan fingerprint density at radius 2 is 0.481 bits per heavy atom. The van der Waals surface area contributed by atoms with Crippen LogP contribution in [0.2, 0.25) is 0 Å². The molecule has 0 fully saturated rings. The van der Waals surface area contributed by atoms with Gasteiger partial charge in [0, 0.05) is 19.3 Å². The maximum atomic E-state index is 12.9. The number of rotatable bonds is 61. The Kier molecular flexibility index (Phi) is 64.8. The Labute approximate surface area is 501 Å². The summed E-state index contributed by atoms with van der Waals surface area (Å²) in [5, 5.41) is 0.